The number of carbonyl (C=O) groups is 1. The molecule has 0 saturated heterocycles. The lowest BCUT2D eigenvalue weighted by Crippen LogP contribution is -2.32. The van der Waals surface area contributed by atoms with E-state index in [0.717, 1.165) is 11.4 Å². The van der Waals surface area contributed by atoms with Gasteiger partial charge < -0.3 is 16.0 Å². The van der Waals surface area contributed by atoms with Gasteiger partial charge >= 0.3 is 0 Å². The molecule has 0 fully saturated rings. The summed E-state index contributed by atoms with van der Waals surface area (Å²) >= 11 is 0. The van der Waals surface area contributed by atoms with E-state index in [2.05, 4.69) is 10.3 Å². The van der Waals surface area contributed by atoms with E-state index in [1.54, 1.807) is 19.2 Å². The average Bonchev–Trinajstić information content (AvgIpc) is 2.48. The maximum atomic E-state index is 11.5. The zero-order valence-corrected chi connectivity index (χ0v) is 11.6. The summed E-state index contributed by atoms with van der Waals surface area (Å²) in [6.07, 6.45) is 1.71. The number of carbonyl (C=O) groups excluding carboxylic acids is 1. The highest BCUT2D eigenvalue weighted by atomic mass is 16.2. The van der Waals surface area contributed by atoms with E-state index in [1.165, 1.54) is 0 Å². The Morgan fingerprint density at radius 3 is 2.45 bits per heavy atom. The number of nitrogens with zero attached hydrogens (tertiary/aromatic N) is 2. The monoisotopic (exact) mass is 270 g/mol. The molecule has 0 aliphatic heterocycles. The summed E-state index contributed by atoms with van der Waals surface area (Å²) in [6.45, 7) is 1.63. The fourth-order valence-corrected chi connectivity index (χ4v) is 1.70. The number of anilines is 3. The maximum absolute atomic E-state index is 11.5. The molecule has 1 unspecified atom stereocenters. The van der Waals surface area contributed by atoms with Crippen molar-refractivity contribution >= 4 is 23.1 Å². The van der Waals surface area contributed by atoms with Gasteiger partial charge in [-0.1, -0.05) is 18.2 Å². The second-order valence-corrected chi connectivity index (χ2v) is 4.57. The van der Waals surface area contributed by atoms with Gasteiger partial charge in [0.15, 0.2) is 0 Å². The molecular weight excluding hydrogens is 252 g/mol. The van der Waals surface area contributed by atoms with Crippen LogP contribution in [0.15, 0.2) is 48.7 Å². The topological polar surface area (TPSA) is 71.2 Å². The fraction of sp³-hybridized carbons (Fsp3) is 0.200. The van der Waals surface area contributed by atoms with Crippen molar-refractivity contribution < 1.29 is 4.79 Å². The minimum absolute atomic E-state index is 0.248. The van der Waals surface area contributed by atoms with Gasteiger partial charge in [0.1, 0.15) is 5.82 Å². The molecule has 1 aromatic carbocycles. The van der Waals surface area contributed by atoms with Gasteiger partial charge in [-0.05, 0) is 31.2 Å². The quantitative estimate of drug-likeness (QED) is 0.893. The lowest BCUT2D eigenvalue weighted by molar-refractivity contribution is -0.117. The first-order chi connectivity index (χ1) is 9.58. The predicted molar refractivity (Wildman–Crippen MR) is 81.0 cm³/mol. The van der Waals surface area contributed by atoms with Gasteiger partial charge in [0.2, 0.25) is 5.91 Å². The fourth-order valence-electron chi connectivity index (χ4n) is 1.70. The number of nitrogens with one attached hydrogen (secondary N) is 1. The highest BCUT2D eigenvalue weighted by molar-refractivity contribution is 5.93. The number of amides is 1. The van der Waals surface area contributed by atoms with E-state index in [0.29, 0.717) is 5.82 Å². The molecule has 2 aromatic rings. The van der Waals surface area contributed by atoms with E-state index >= 15 is 0 Å². The highest BCUT2D eigenvalue weighted by Gasteiger charge is 2.09. The number of nitrogens with two attached hydrogens (primary N) is 1. The van der Waals surface area contributed by atoms with E-state index in [9.17, 15) is 4.79 Å². The Hall–Kier alpha value is -2.40. The molecular formula is C15H18N4O. The molecule has 0 saturated carbocycles. The molecule has 2 rings (SSSR count). The number of para-hydroxylation sites is 1. The zero-order chi connectivity index (χ0) is 14.5. The maximum Gasteiger partial charge on any atom is 0.242 e. The standard InChI is InChI=1S/C15H18N4O/c1-11(16)15(20)18-14-9-8-13(10-17-14)19(2)12-6-4-3-5-7-12/h3-11H,16H2,1-2H3,(H,17,18,20). The van der Waals surface area contributed by atoms with Gasteiger partial charge in [0.05, 0.1) is 17.9 Å². The van der Waals surface area contributed by atoms with Gasteiger partial charge in [-0.25, -0.2) is 4.98 Å². The molecule has 1 aromatic heterocycles. The largest absolute Gasteiger partial charge is 0.343 e. The van der Waals surface area contributed by atoms with Crippen molar-refractivity contribution in [3.8, 4) is 0 Å². The second kappa shape index (κ2) is 6.16. The van der Waals surface area contributed by atoms with Crippen LogP contribution in [0.3, 0.4) is 0 Å². The Labute approximate surface area is 118 Å². The van der Waals surface area contributed by atoms with Gasteiger partial charge in [0, 0.05) is 12.7 Å². The molecule has 104 valence electrons. The van der Waals surface area contributed by atoms with E-state index in [1.807, 2.05) is 48.3 Å². The Morgan fingerprint density at radius 1 is 1.20 bits per heavy atom. The van der Waals surface area contributed by atoms with Crippen LogP contribution in [0.1, 0.15) is 6.92 Å². The van der Waals surface area contributed by atoms with Crippen molar-refractivity contribution in [2.24, 2.45) is 5.73 Å². The van der Waals surface area contributed by atoms with Gasteiger partial charge in [-0.3, -0.25) is 4.79 Å². The molecule has 0 aliphatic rings. The van der Waals surface area contributed by atoms with E-state index in [4.69, 9.17) is 5.73 Å². The first-order valence-corrected chi connectivity index (χ1v) is 6.39. The Bertz CT molecular complexity index is 566. The summed E-state index contributed by atoms with van der Waals surface area (Å²) < 4.78 is 0. The summed E-state index contributed by atoms with van der Waals surface area (Å²) in [5, 5.41) is 2.65. The van der Waals surface area contributed by atoms with Crippen molar-refractivity contribution in [3.63, 3.8) is 0 Å². The molecule has 3 N–H and O–H groups in total. The van der Waals surface area contributed by atoms with E-state index < -0.39 is 6.04 Å². The van der Waals surface area contributed by atoms with Crippen LogP contribution in [0.2, 0.25) is 0 Å². The average molecular weight is 270 g/mol. The number of hydrogen-bond acceptors (Lipinski definition) is 4. The van der Waals surface area contributed by atoms with Gasteiger partial charge in [0.25, 0.3) is 0 Å². The lowest BCUT2D eigenvalue weighted by Gasteiger charge is -2.19. The highest BCUT2D eigenvalue weighted by Crippen LogP contribution is 2.22. The molecule has 0 spiro atoms. The van der Waals surface area contributed by atoms with Crippen LogP contribution < -0.4 is 16.0 Å². The Balaban J connectivity index is 2.10. The van der Waals surface area contributed by atoms with Crippen LogP contribution in [0, 0.1) is 0 Å². The molecule has 5 heteroatoms. The first-order valence-electron chi connectivity index (χ1n) is 6.39. The molecule has 5 nitrogen and oxygen atoms in total. The van der Waals surface area contributed by atoms with Crippen molar-refractivity contribution in [1.29, 1.82) is 0 Å². The van der Waals surface area contributed by atoms with Crippen LogP contribution in [0.4, 0.5) is 17.2 Å². The summed E-state index contributed by atoms with van der Waals surface area (Å²) in [6, 6.07) is 13.1. The summed E-state index contributed by atoms with van der Waals surface area (Å²) in [5.41, 5.74) is 7.50. The van der Waals surface area contributed by atoms with Crippen molar-refractivity contribution in [2.75, 3.05) is 17.3 Å². The van der Waals surface area contributed by atoms with Crippen LogP contribution in [0.5, 0.6) is 0 Å². The molecule has 1 heterocycles. The molecule has 0 bridgehead atoms. The number of aromatic nitrogens is 1. The van der Waals surface area contributed by atoms with E-state index in [-0.39, 0.29) is 5.91 Å². The number of hydrogen-bond donors (Lipinski definition) is 2. The van der Waals surface area contributed by atoms with Crippen molar-refractivity contribution in [1.82, 2.24) is 4.98 Å². The van der Waals surface area contributed by atoms with Gasteiger partial charge in [-0.2, -0.15) is 0 Å². The molecule has 0 radical (unpaired) electrons. The Morgan fingerprint density at radius 2 is 1.90 bits per heavy atom. The normalized spacial score (nSPS) is 11.8. The minimum Gasteiger partial charge on any atom is -0.343 e. The molecule has 0 aliphatic carbocycles. The summed E-state index contributed by atoms with van der Waals surface area (Å²) in [7, 11) is 1.96. The SMILES string of the molecule is CC(N)C(=O)Nc1ccc(N(C)c2ccccc2)cn1. The minimum atomic E-state index is -0.552. The third-order valence-corrected chi connectivity index (χ3v) is 2.94. The third-order valence-electron chi connectivity index (χ3n) is 2.94. The van der Waals surface area contributed by atoms with Crippen molar-refractivity contribution in [2.45, 2.75) is 13.0 Å². The van der Waals surface area contributed by atoms with Gasteiger partial charge in [-0.15, -0.1) is 0 Å². The van der Waals surface area contributed by atoms with Crippen LogP contribution in [-0.2, 0) is 4.79 Å². The number of pyridine rings is 1. The molecule has 1 amide bonds. The van der Waals surface area contributed by atoms with Crippen LogP contribution in [0.25, 0.3) is 0 Å². The van der Waals surface area contributed by atoms with Crippen molar-refractivity contribution in [3.05, 3.63) is 48.7 Å². The predicted octanol–water partition coefficient (Wildman–Crippen LogP) is 2.14. The van der Waals surface area contributed by atoms with Crippen LogP contribution >= 0.6 is 0 Å². The number of rotatable bonds is 4. The lowest BCUT2D eigenvalue weighted by atomic mass is 10.2. The molecule has 1 atom stereocenters. The first kappa shape index (κ1) is 14.0. The van der Waals surface area contributed by atoms with Crippen LogP contribution in [-0.4, -0.2) is 24.0 Å². The summed E-state index contributed by atoms with van der Waals surface area (Å²) in [5.74, 6) is 0.249. The zero-order valence-electron chi connectivity index (χ0n) is 11.6. The third kappa shape index (κ3) is 3.33. The summed E-state index contributed by atoms with van der Waals surface area (Å²) in [4.78, 5) is 17.7. The smallest absolute Gasteiger partial charge is 0.242 e. The number of benzene rings is 1. The Kier molecular flexibility index (Phi) is 4.32. The second-order valence-electron chi connectivity index (χ2n) is 4.57. The molecule has 20 heavy (non-hydrogen) atoms.